The van der Waals surface area contributed by atoms with Gasteiger partial charge in [0, 0.05) is 17.8 Å². The number of aryl methyl sites for hydroxylation is 1. The van der Waals surface area contributed by atoms with E-state index < -0.39 is 0 Å². The summed E-state index contributed by atoms with van der Waals surface area (Å²) in [6.45, 7) is 6.76. The van der Waals surface area contributed by atoms with Crippen LogP contribution in [0.5, 0.6) is 0 Å². The molecule has 2 N–H and O–H groups in total. The van der Waals surface area contributed by atoms with Crippen LogP contribution in [0.4, 0.5) is 0 Å². The monoisotopic (exact) mass is 266 g/mol. The summed E-state index contributed by atoms with van der Waals surface area (Å²) in [6, 6.07) is 0.305. The smallest absolute Gasteiger partial charge is 0.0897 e. The highest BCUT2D eigenvalue weighted by Gasteiger charge is 2.27. The SMILES string of the molecule is Cc1nc(CC(N)C2CCC(C(C)C)CC2)cs1. The topological polar surface area (TPSA) is 38.9 Å². The standard InChI is InChI=1S/C15H26N2S/c1-10(2)12-4-6-13(7-5-12)15(16)8-14-9-18-11(3)17-14/h9-10,12-13,15H,4-8,16H2,1-3H3. The highest BCUT2D eigenvalue weighted by atomic mass is 32.1. The van der Waals surface area contributed by atoms with Gasteiger partial charge in [-0.2, -0.15) is 0 Å². The number of hydrogen-bond acceptors (Lipinski definition) is 3. The van der Waals surface area contributed by atoms with E-state index in [4.69, 9.17) is 5.73 Å². The van der Waals surface area contributed by atoms with Crippen molar-refractivity contribution in [2.45, 2.75) is 58.9 Å². The average Bonchev–Trinajstić information content (AvgIpc) is 2.75. The first-order valence-corrected chi connectivity index (χ1v) is 8.10. The van der Waals surface area contributed by atoms with Crippen molar-refractivity contribution >= 4 is 11.3 Å². The first-order chi connectivity index (χ1) is 8.56. The third-order valence-electron chi connectivity index (χ3n) is 4.48. The molecule has 2 nitrogen and oxygen atoms in total. The summed E-state index contributed by atoms with van der Waals surface area (Å²) < 4.78 is 0. The Kier molecular flexibility index (Phi) is 4.79. The van der Waals surface area contributed by atoms with Crippen molar-refractivity contribution in [2.75, 3.05) is 0 Å². The second-order valence-electron chi connectivity index (χ2n) is 6.14. The van der Waals surface area contributed by atoms with Gasteiger partial charge in [-0.05, 0) is 50.4 Å². The predicted octanol–water partition coefficient (Wildman–Crippen LogP) is 3.78. The van der Waals surface area contributed by atoms with Crippen LogP contribution in [0.2, 0.25) is 0 Å². The lowest BCUT2D eigenvalue weighted by Gasteiger charge is -2.33. The summed E-state index contributed by atoms with van der Waals surface area (Å²) in [4.78, 5) is 4.53. The second kappa shape index (κ2) is 6.16. The van der Waals surface area contributed by atoms with Crippen LogP contribution in [0.25, 0.3) is 0 Å². The van der Waals surface area contributed by atoms with Gasteiger partial charge in [-0.15, -0.1) is 11.3 Å². The Hall–Kier alpha value is -0.410. The molecule has 1 fully saturated rings. The van der Waals surface area contributed by atoms with Crippen molar-refractivity contribution in [2.24, 2.45) is 23.5 Å². The predicted molar refractivity (Wildman–Crippen MR) is 78.8 cm³/mol. The number of aromatic nitrogens is 1. The number of rotatable bonds is 4. The molecular weight excluding hydrogens is 240 g/mol. The van der Waals surface area contributed by atoms with Gasteiger partial charge in [0.15, 0.2) is 0 Å². The molecule has 102 valence electrons. The van der Waals surface area contributed by atoms with Crippen LogP contribution in [0, 0.1) is 24.7 Å². The van der Waals surface area contributed by atoms with E-state index in [1.54, 1.807) is 11.3 Å². The van der Waals surface area contributed by atoms with Gasteiger partial charge in [-0.3, -0.25) is 0 Å². The van der Waals surface area contributed by atoms with E-state index in [2.05, 4.69) is 31.1 Å². The quantitative estimate of drug-likeness (QED) is 0.900. The second-order valence-corrected chi connectivity index (χ2v) is 7.21. The van der Waals surface area contributed by atoms with E-state index >= 15 is 0 Å². The summed E-state index contributed by atoms with van der Waals surface area (Å²) in [5.41, 5.74) is 7.57. The molecule has 1 atom stereocenters. The minimum Gasteiger partial charge on any atom is -0.327 e. The van der Waals surface area contributed by atoms with Crippen molar-refractivity contribution in [1.82, 2.24) is 4.98 Å². The normalized spacial score (nSPS) is 26.5. The molecule has 1 aromatic rings. The summed E-state index contributed by atoms with van der Waals surface area (Å²) in [5, 5.41) is 3.32. The molecule has 0 radical (unpaired) electrons. The molecule has 1 aliphatic rings. The Morgan fingerprint density at radius 2 is 1.89 bits per heavy atom. The lowest BCUT2D eigenvalue weighted by atomic mass is 9.74. The van der Waals surface area contributed by atoms with Crippen molar-refractivity contribution in [3.8, 4) is 0 Å². The maximum Gasteiger partial charge on any atom is 0.0897 e. The van der Waals surface area contributed by atoms with Gasteiger partial charge in [-0.1, -0.05) is 13.8 Å². The highest BCUT2D eigenvalue weighted by molar-refractivity contribution is 7.09. The first kappa shape index (κ1) is 14.0. The zero-order valence-corrected chi connectivity index (χ0v) is 12.7. The largest absolute Gasteiger partial charge is 0.327 e. The van der Waals surface area contributed by atoms with Gasteiger partial charge in [0.2, 0.25) is 0 Å². The zero-order valence-electron chi connectivity index (χ0n) is 11.9. The Labute approximate surface area is 115 Å². The molecule has 0 saturated heterocycles. The summed E-state index contributed by atoms with van der Waals surface area (Å²) in [6.07, 6.45) is 6.32. The van der Waals surface area contributed by atoms with Crippen LogP contribution in [-0.4, -0.2) is 11.0 Å². The molecule has 0 aliphatic heterocycles. The maximum atomic E-state index is 6.38. The Bertz CT molecular complexity index is 364. The number of hydrogen-bond donors (Lipinski definition) is 1. The van der Waals surface area contributed by atoms with E-state index in [-0.39, 0.29) is 0 Å². The molecule has 0 aromatic carbocycles. The van der Waals surface area contributed by atoms with Gasteiger partial charge in [-0.25, -0.2) is 4.98 Å². The lowest BCUT2D eigenvalue weighted by molar-refractivity contribution is 0.202. The third kappa shape index (κ3) is 3.55. The zero-order chi connectivity index (χ0) is 13.1. The third-order valence-corrected chi connectivity index (χ3v) is 5.30. The van der Waals surface area contributed by atoms with Crippen LogP contribution >= 0.6 is 11.3 Å². The first-order valence-electron chi connectivity index (χ1n) is 7.23. The summed E-state index contributed by atoms with van der Waals surface area (Å²) >= 11 is 1.73. The molecule has 1 saturated carbocycles. The van der Waals surface area contributed by atoms with Crippen molar-refractivity contribution < 1.29 is 0 Å². The lowest BCUT2D eigenvalue weighted by Crippen LogP contribution is -2.35. The van der Waals surface area contributed by atoms with Crippen molar-refractivity contribution in [3.05, 3.63) is 16.1 Å². The molecule has 1 aromatic heterocycles. The van der Waals surface area contributed by atoms with Crippen molar-refractivity contribution in [3.63, 3.8) is 0 Å². The molecule has 3 heteroatoms. The minimum absolute atomic E-state index is 0.305. The molecule has 1 aliphatic carbocycles. The Balaban J connectivity index is 1.82. The van der Waals surface area contributed by atoms with E-state index in [0.717, 1.165) is 23.3 Å². The molecule has 0 bridgehead atoms. The van der Waals surface area contributed by atoms with Gasteiger partial charge in [0.05, 0.1) is 10.7 Å². The highest BCUT2D eigenvalue weighted by Crippen LogP contribution is 2.34. The van der Waals surface area contributed by atoms with E-state index in [1.165, 1.54) is 31.4 Å². The fraction of sp³-hybridized carbons (Fsp3) is 0.800. The fourth-order valence-corrected chi connectivity index (χ4v) is 3.78. The van der Waals surface area contributed by atoms with E-state index in [0.29, 0.717) is 12.0 Å². The summed E-state index contributed by atoms with van der Waals surface area (Å²) in [5.74, 6) is 2.47. The van der Waals surface area contributed by atoms with E-state index in [9.17, 15) is 0 Å². The molecule has 18 heavy (non-hydrogen) atoms. The van der Waals surface area contributed by atoms with Crippen molar-refractivity contribution in [1.29, 1.82) is 0 Å². The van der Waals surface area contributed by atoms with Crippen LogP contribution in [0.3, 0.4) is 0 Å². The van der Waals surface area contributed by atoms with Gasteiger partial charge in [0.25, 0.3) is 0 Å². The van der Waals surface area contributed by atoms with Gasteiger partial charge < -0.3 is 5.73 Å². The Morgan fingerprint density at radius 3 is 2.39 bits per heavy atom. The number of nitrogens with two attached hydrogens (primary N) is 1. The summed E-state index contributed by atoms with van der Waals surface area (Å²) in [7, 11) is 0. The van der Waals surface area contributed by atoms with E-state index in [1.807, 2.05) is 0 Å². The van der Waals surface area contributed by atoms with Crippen LogP contribution in [0.1, 0.15) is 50.2 Å². The van der Waals surface area contributed by atoms with Gasteiger partial charge >= 0.3 is 0 Å². The molecule has 1 unspecified atom stereocenters. The maximum absolute atomic E-state index is 6.38. The minimum atomic E-state index is 0.305. The number of thiazole rings is 1. The number of nitrogens with zero attached hydrogens (tertiary/aromatic N) is 1. The van der Waals surface area contributed by atoms with Crippen LogP contribution < -0.4 is 5.73 Å². The molecule has 0 amide bonds. The average molecular weight is 266 g/mol. The Morgan fingerprint density at radius 1 is 1.28 bits per heavy atom. The van der Waals surface area contributed by atoms with Gasteiger partial charge in [0.1, 0.15) is 0 Å². The molecule has 2 rings (SSSR count). The molecule has 0 spiro atoms. The molecular formula is C15H26N2S. The van der Waals surface area contributed by atoms with Crippen LogP contribution in [0.15, 0.2) is 5.38 Å². The fourth-order valence-electron chi connectivity index (χ4n) is 3.15. The van der Waals surface area contributed by atoms with Crippen LogP contribution in [-0.2, 0) is 6.42 Å². The molecule has 1 heterocycles.